The maximum absolute atomic E-state index is 12.7. The molecule has 6 heteroatoms. The molecule has 1 aromatic carbocycles. The molecule has 0 aromatic heterocycles. The Hall–Kier alpha value is -1.20. The Morgan fingerprint density at radius 2 is 2.05 bits per heavy atom. The fraction of sp³-hybridized carbons (Fsp3) is 0.533. The zero-order chi connectivity index (χ0) is 14.3. The molecule has 2 aliphatic rings. The summed E-state index contributed by atoms with van der Waals surface area (Å²) in [6.45, 7) is 1.36. The van der Waals surface area contributed by atoms with Crippen LogP contribution in [0.1, 0.15) is 35.2 Å². The molecule has 1 aromatic rings. The minimum atomic E-state index is -2.55. The largest absolute Gasteiger partial charge is 0.338 e. The molecule has 0 spiro atoms. The van der Waals surface area contributed by atoms with E-state index in [2.05, 4.69) is 0 Å². The second-order valence-corrected chi connectivity index (χ2v) is 5.80. The van der Waals surface area contributed by atoms with E-state index in [1.807, 2.05) is 0 Å². The second kappa shape index (κ2) is 6.28. The number of carbonyl (C=O) groups is 1. The van der Waals surface area contributed by atoms with Crippen molar-refractivity contribution in [2.75, 3.05) is 13.1 Å². The van der Waals surface area contributed by atoms with Crippen molar-refractivity contribution < 1.29 is 13.6 Å². The van der Waals surface area contributed by atoms with Crippen molar-refractivity contribution in [1.82, 2.24) is 4.90 Å². The third-order valence-electron chi connectivity index (χ3n) is 4.59. The van der Waals surface area contributed by atoms with E-state index in [4.69, 9.17) is 5.73 Å². The van der Waals surface area contributed by atoms with Crippen LogP contribution in [0.15, 0.2) is 24.3 Å². The predicted molar refractivity (Wildman–Crippen MR) is 78.7 cm³/mol. The molecule has 1 aliphatic heterocycles. The van der Waals surface area contributed by atoms with Gasteiger partial charge in [0.25, 0.3) is 12.3 Å². The average molecular weight is 317 g/mol. The average Bonchev–Trinajstić information content (AvgIpc) is 3.01. The minimum absolute atomic E-state index is 0. The summed E-state index contributed by atoms with van der Waals surface area (Å²) in [6, 6.07) is 5.92. The number of rotatable bonds is 2. The summed E-state index contributed by atoms with van der Waals surface area (Å²) in [5.41, 5.74) is 6.29. The maximum Gasteiger partial charge on any atom is 0.263 e. The number of nitrogens with two attached hydrogens (primary N) is 1. The van der Waals surface area contributed by atoms with Crippen LogP contribution in [-0.2, 0) is 0 Å². The molecule has 1 amide bonds. The maximum atomic E-state index is 12.7. The molecule has 2 fully saturated rings. The van der Waals surface area contributed by atoms with Crippen molar-refractivity contribution in [2.24, 2.45) is 17.6 Å². The quantitative estimate of drug-likeness (QED) is 0.912. The normalized spacial score (nSPS) is 27.6. The number of hydrogen-bond donors (Lipinski definition) is 1. The van der Waals surface area contributed by atoms with Gasteiger partial charge in [-0.3, -0.25) is 4.79 Å². The lowest BCUT2D eigenvalue weighted by Crippen LogP contribution is -2.33. The Morgan fingerprint density at radius 1 is 1.29 bits per heavy atom. The van der Waals surface area contributed by atoms with Crippen LogP contribution in [0.3, 0.4) is 0 Å². The summed E-state index contributed by atoms with van der Waals surface area (Å²) in [5.74, 6) is 0.693. The first-order chi connectivity index (χ1) is 9.56. The van der Waals surface area contributed by atoms with E-state index in [-0.39, 0.29) is 29.9 Å². The number of halogens is 3. The Labute approximate surface area is 128 Å². The molecule has 3 unspecified atom stereocenters. The lowest BCUT2D eigenvalue weighted by atomic mass is 9.98. The van der Waals surface area contributed by atoms with Crippen molar-refractivity contribution in [3.63, 3.8) is 0 Å². The minimum Gasteiger partial charge on any atom is -0.338 e. The van der Waals surface area contributed by atoms with E-state index in [1.165, 1.54) is 18.2 Å². The van der Waals surface area contributed by atoms with Crippen molar-refractivity contribution >= 4 is 18.3 Å². The Balaban J connectivity index is 0.00000161. The number of benzene rings is 1. The fourth-order valence-electron chi connectivity index (χ4n) is 3.46. The summed E-state index contributed by atoms with van der Waals surface area (Å²) in [6.07, 6.45) is -0.459. The molecule has 3 rings (SSSR count). The number of alkyl halides is 2. The van der Waals surface area contributed by atoms with Gasteiger partial charge in [-0.05, 0) is 36.8 Å². The van der Waals surface area contributed by atoms with Crippen molar-refractivity contribution in [2.45, 2.75) is 25.3 Å². The molecule has 1 saturated carbocycles. The fourth-order valence-corrected chi connectivity index (χ4v) is 3.46. The van der Waals surface area contributed by atoms with E-state index in [0.29, 0.717) is 30.5 Å². The van der Waals surface area contributed by atoms with Crippen molar-refractivity contribution in [3.8, 4) is 0 Å². The van der Waals surface area contributed by atoms with E-state index in [1.54, 1.807) is 11.0 Å². The molecule has 0 bridgehead atoms. The van der Waals surface area contributed by atoms with E-state index in [9.17, 15) is 13.6 Å². The SMILES string of the molecule is Cl.NC1CCC2CN(C(=O)c3cccc(C(F)F)c3)CC12. The lowest BCUT2D eigenvalue weighted by molar-refractivity contribution is 0.0779. The summed E-state index contributed by atoms with van der Waals surface area (Å²) >= 11 is 0. The summed E-state index contributed by atoms with van der Waals surface area (Å²) in [4.78, 5) is 14.2. The van der Waals surface area contributed by atoms with E-state index in [0.717, 1.165) is 12.8 Å². The highest BCUT2D eigenvalue weighted by Crippen LogP contribution is 2.37. The Bertz CT molecular complexity index is 526. The highest BCUT2D eigenvalue weighted by molar-refractivity contribution is 5.94. The first-order valence-electron chi connectivity index (χ1n) is 6.99. The molecule has 116 valence electrons. The van der Waals surface area contributed by atoms with Crippen LogP contribution in [-0.4, -0.2) is 29.9 Å². The molecule has 21 heavy (non-hydrogen) atoms. The third-order valence-corrected chi connectivity index (χ3v) is 4.59. The standard InChI is InChI=1S/C15H18F2N2O.ClH/c16-14(17)9-2-1-3-10(6-9)15(20)19-7-11-4-5-13(18)12(11)8-19;/h1-3,6,11-14H,4-5,7-8,18H2;1H. The zero-order valence-corrected chi connectivity index (χ0v) is 12.4. The molecule has 2 N–H and O–H groups in total. The highest BCUT2D eigenvalue weighted by atomic mass is 35.5. The van der Waals surface area contributed by atoms with Crippen LogP contribution in [0.25, 0.3) is 0 Å². The number of hydrogen-bond acceptors (Lipinski definition) is 2. The van der Waals surface area contributed by atoms with Gasteiger partial charge in [0.05, 0.1) is 0 Å². The first kappa shape index (κ1) is 16.2. The zero-order valence-electron chi connectivity index (χ0n) is 11.5. The van der Waals surface area contributed by atoms with Gasteiger partial charge in [-0.25, -0.2) is 8.78 Å². The smallest absolute Gasteiger partial charge is 0.263 e. The van der Waals surface area contributed by atoms with Crippen LogP contribution in [0.2, 0.25) is 0 Å². The van der Waals surface area contributed by atoms with Crippen molar-refractivity contribution in [3.05, 3.63) is 35.4 Å². The summed E-state index contributed by atoms with van der Waals surface area (Å²) in [7, 11) is 0. The Morgan fingerprint density at radius 3 is 2.71 bits per heavy atom. The van der Waals surface area contributed by atoms with Gasteiger partial charge in [0.15, 0.2) is 0 Å². The van der Waals surface area contributed by atoms with Gasteiger partial charge in [-0.15, -0.1) is 12.4 Å². The molecule has 1 aliphatic carbocycles. The molecule has 3 nitrogen and oxygen atoms in total. The summed E-state index contributed by atoms with van der Waals surface area (Å²) < 4.78 is 25.4. The third kappa shape index (κ3) is 3.04. The predicted octanol–water partition coefficient (Wildman–Crippen LogP) is 2.86. The highest BCUT2D eigenvalue weighted by Gasteiger charge is 2.42. The van der Waals surface area contributed by atoms with Gasteiger partial charge in [0.2, 0.25) is 0 Å². The second-order valence-electron chi connectivity index (χ2n) is 5.80. The molecule has 0 radical (unpaired) electrons. The topological polar surface area (TPSA) is 46.3 Å². The lowest BCUT2D eigenvalue weighted by Gasteiger charge is -2.19. The molecular weight excluding hydrogens is 298 g/mol. The van der Waals surface area contributed by atoms with Gasteiger partial charge in [0.1, 0.15) is 0 Å². The van der Waals surface area contributed by atoms with Gasteiger partial charge in [-0.1, -0.05) is 12.1 Å². The molecule has 3 atom stereocenters. The first-order valence-corrected chi connectivity index (χ1v) is 6.99. The molecule has 1 heterocycles. The number of carbonyl (C=O) groups excluding carboxylic acids is 1. The number of likely N-dealkylation sites (tertiary alicyclic amines) is 1. The van der Waals surface area contributed by atoms with Crippen LogP contribution in [0, 0.1) is 11.8 Å². The van der Waals surface area contributed by atoms with Gasteiger partial charge < -0.3 is 10.6 Å². The van der Waals surface area contributed by atoms with Crippen LogP contribution < -0.4 is 5.73 Å². The summed E-state index contributed by atoms with van der Waals surface area (Å²) in [5, 5.41) is 0. The number of fused-ring (bicyclic) bond motifs is 1. The monoisotopic (exact) mass is 316 g/mol. The van der Waals surface area contributed by atoms with Crippen LogP contribution >= 0.6 is 12.4 Å². The number of amides is 1. The van der Waals surface area contributed by atoms with Crippen LogP contribution in [0.4, 0.5) is 8.78 Å². The van der Waals surface area contributed by atoms with E-state index < -0.39 is 6.43 Å². The van der Waals surface area contributed by atoms with Gasteiger partial charge >= 0.3 is 0 Å². The van der Waals surface area contributed by atoms with Crippen LogP contribution in [0.5, 0.6) is 0 Å². The van der Waals surface area contributed by atoms with E-state index >= 15 is 0 Å². The van der Waals surface area contributed by atoms with Gasteiger partial charge in [-0.2, -0.15) is 0 Å². The Kier molecular flexibility index (Phi) is 4.84. The molecule has 1 saturated heterocycles. The van der Waals surface area contributed by atoms with Gasteiger partial charge in [0, 0.05) is 30.3 Å². The molecular formula is C15H19ClF2N2O. The van der Waals surface area contributed by atoms with Crippen molar-refractivity contribution in [1.29, 1.82) is 0 Å². The number of nitrogens with zero attached hydrogens (tertiary/aromatic N) is 1.